The molecule has 216 valence electrons. The molecule has 3 N–H and O–H groups in total. The van der Waals surface area contributed by atoms with E-state index < -0.39 is 29.7 Å². The highest BCUT2D eigenvalue weighted by molar-refractivity contribution is 7.99. The second kappa shape index (κ2) is 11.9. The molecule has 4 aromatic carbocycles. The Bertz CT molecular complexity index is 1900. The minimum Gasteiger partial charge on any atom is -0.478 e. The molecule has 0 aliphatic heterocycles. The van der Waals surface area contributed by atoms with Crippen molar-refractivity contribution < 1.29 is 27.9 Å². The highest BCUT2D eigenvalue weighted by Gasteiger charge is 2.30. The maximum atomic E-state index is 13.8. The number of alkyl halides is 3. The molecule has 0 aliphatic rings. The minimum absolute atomic E-state index is 0.118. The van der Waals surface area contributed by atoms with Crippen LogP contribution in [0.25, 0.3) is 22.0 Å². The number of aromatic nitrogens is 1. The predicted molar refractivity (Wildman–Crippen MR) is 158 cm³/mol. The van der Waals surface area contributed by atoms with Crippen molar-refractivity contribution >= 4 is 46.1 Å². The predicted octanol–water partition coefficient (Wildman–Crippen LogP) is 8.72. The number of carboxylic acid groups (broad SMARTS) is 1. The van der Waals surface area contributed by atoms with Gasteiger partial charge in [-0.05, 0) is 90.3 Å². The third-order valence-electron chi connectivity index (χ3n) is 6.76. The van der Waals surface area contributed by atoms with Crippen molar-refractivity contribution in [2.45, 2.75) is 28.9 Å². The maximum absolute atomic E-state index is 13.8. The highest BCUT2D eigenvalue weighted by atomic mass is 35.5. The Balaban J connectivity index is 1.56. The van der Waals surface area contributed by atoms with Crippen LogP contribution in [0.4, 0.5) is 13.2 Å². The number of amides is 1. The summed E-state index contributed by atoms with van der Waals surface area (Å²) in [6, 6.07) is 20.8. The van der Waals surface area contributed by atoms with Crippen LogP contribution in [-0.2, 0) is 6.18 Å². The van der Waals surface area contributed by atoms with Crippen molar-refractivity contribution in [2.24, 2.45) is 0 Å². The number of hydrogen-bond acceptors (Lipinski definition) is 4. The van der Waals surface area contributed by atoms with Crippen LogP contribution in [0.5, 0.6) is 0 Å². The van der Waals surface area contributed by atoms with E-state index in [1.165, 1.54) is 42.1 Å². The average molecular weight is 620 g/mol. The van der Waals surface area contributed by atoms with Crippen LogP contribution in [0.1, 0.15) is 50.4 Å². The maximum Gasteiger partial charge on any atom is 0.416 e. The molecule has 0 aliphatic carbocycles. The van der Waals surface area contributed by atoms with Gasteiger partial charge in [-0.3, -0.25) is 4.79 Å². The fourth-order valence-corrected chi connectivity index (χ4v) is 5.80. The zero-order valence-corrected chi connectivity index (χ0v) is 23.9. The molecule has 1 heterocycles. The molecule has 5 aromatic rings. The molecule has 0 radical (unpaired) electrons. The van der Waals surface area contributed by atoms with Crippen LogP contribution in [0.15, 0.2) is 94.9 Å². The van der Waals surface area contributed by atoms with E-state index in [0.29, 0.717) is 48.0 Å². The quantitative estimate of drug-likeness (QED) is 0.169. The van der Waals surface area contributed by atoms with E-state index in [-0.39, 0.29) is 11.1 Å². The summed E-state index contributed by atoms with van der Waals surface area (Å²) in [5, 5.41) is 22.5. The Kier molecular flexibility index (Phi) is 8.22. The van der Waals surface area contributed by atoms with Crippen molar-refractivity contribution in [1.29, 1.82) is 5.26 Å². The lowest BCUT2D eigenvalue weighted by atomic mass is 9.98. The number of carboxylic acids is 1. The number of halogens is 4. The fraction of sp³-hybridized carbons (Fsp3) is 0.0938. The van der Waals surface area contributed by atoms with Crippen molar-refractivity contribution in [3.8, 4) is 17.2 Å². The molecule has 0 fully saturated rings. The fourth-order valence-electron chi connectivity index (χ4n) is 4.59. The van der Waals surface area contributed by atoms with Gasteiger partial charge in [0.2, 0.25) is 0 Å². The Morgan fingerprint density at radius 3 is 2.30 bits per heavy atom. The topological polar surface area (TPSA) is 106 Å². The van der Waals surface area contributed by atoms with Crippen LogP contribution < -0.4 is 5.32 Å². The van der Waals surface area contributed by atoms with E-state index in [9.17, 15) is 33.1 Å². The largest absolute Gasteiger partial charge is 0.478 e. The summed E-state index contributed by atoms with van der Waals surface area (Å²) in [5.41, 5.74) is 2.50. The Hall–Kier alpha value is -4.72. The lowest BCUT2D eigenvalue weighted by molar-refractivity contribution is -0.137. The smallest absolute Gasteiger partial charge is 0.416 e. The first-order valence-electron chi connectivity index (χ1n) is 12.8. The molecule has 43 heavy (non-hydrogen) atoms. The molecular formula is C32H21ClF3N3O3S. The van der Waals surface area contributed by atoms with Gasteiger partial charge in [0, 0.05) is 31.9 Å². The zero-order chi connectivity index (χ0) is 30.9. The van der Waals surface area contributed by atoms with E-state index in [4.69, 9.17) is 11.6 Å². The summed E-state index contributed by atoms with van der Waals surface area (Å²) in [4.78, 5) is 29.4. The molecule has 11 heteroatoms. The second-order valence-electron chi connectivity index (χ2n) is 9.69. The number of hydrogen-bond donors (Lipinski definition) is 3. The molecule has 5 rings (SSSR count). The summed E-state index contributed by atoms with van der Waals surface area (Å²) in [6.45, 7) is 1.76. The van der Waals surface area contributed by atoms with Crippen LogP contribution >= 0.6 is 23.4 Å². The van der Waals surface area contributed by atoms with Crippen molar-refractivity contribution in [1.82, 2.24) is 10.3 Å². The van der Waals surface area contributed by atoms with Gasteiger partial charge >= 0.3 is 12.1 Å². The van der Waals surface area contributed by atoms with Gasteiger partial charge in [-0.15, -0.1) is 0 Å². The van der Waals surface area contributed by atoms with Gasteiger partial charge in [0.25, 0.3) is 5.91 Å². The average Bonchev–Trinajstić information content (AvgIpc) is 3.38. The molecule has 1 atom stereocenters. The number of carbonyl (C=O) groups is 2. The van der Waals surface area contributed by atoms with E-state index in [1.807, 2.05) is 6.07 Å². The van der Waals surface area contributed by atoms with Gasteiger partial charge in [-0.25, -0.2) is 4.79 Å². The number of carbonyl (C=O) groups excluding carboxylic acids is 1. The first-order valence-corrected chi connectivity index (χ1v) is 14.0. The Morgan fingerprint density at radius 2 is 1.67 bits per heavy atom. The molecule has 0 bridgehead atoms. The van der Waals surface area contributed by atoms with Crippen LogP contribution in [0.2, 0.25) is 5.02 Å². The van der Waals surface area contributed by atoms with Crippen LogP contribution in [-0.4, -0.2) is 22.0 Å². The van der Waals surface area contributed by atoms with Gasteiger partial charge in [-0.1, -0.05) is 35.5 Å². The van der Waals surface area contributed by atoms with E-state index in [2.05, 4.69) is 16.4 Å². The van der Waals surface area contributed by atoms with E-state index >= 15 is 0 Å². The van der Waals surface area contributed by atoms with Gasteiger partial charge in [0.1, 0.15) is 0 Å². The third kappa shape index (κ3) is 6.53. The van der Waals surface area contributed by atoms with Gasteiger partial charge in [0.05, 0.1) is 34.4 Å². The highest BCUT2D eigenvalue weighted by Crippen LogP contribution is 2.39. The molecule has 1 amide bonds. The molecule has 6 nitrogen and oxygen atoms in total. The number of nitriles is 1. The van der Waals surface area contributed by atoms with Crippen LogP contribution in [0, 0.1) is 11.3 Å². The number of H-pyrrole nitrogens is 1. The third-order valence-corrected chi connectivity index (χ3v) is 8.03. The molecule has 1 aromatic heterocycles. The number of nitrogens with zero attached hydrogens (tertiary/aromatic N) is 1. The van der Waals surface area contributed by atoms with E-state index in [1.54, 1.807) is 43.5 Å². The Labute approximate surface area is 253 Å². The van der Waals surface area contributed by atoms with Gasteiger partial charge in [-0.2, -0.15) is 18.4 Å². The summed E-state index contributed by atoms with van der Waals surface area (Å²) >= 11 is 7.46. The molecule has 0 saturated carbocycles. The van der Waals surface area contributed by atoms with Crippen molar-refractivity contribution in [2.75, 3.05) is 0 Å². The van der Waals surface area contributed by atoms with Crippen LogP contribution in [0.3, 0.4) is 0 Å². The molecule has 0 saturated heterocycles. The normalized spacial score (nSPS) is 12.1. The second-order valence-corrected chi connectivity index (χ2v) is 11.2. The first-order chi connectivity index (χ1) is 20.4. The zero-order valence-electron chi connectivity index (χ0n) is 22.3. The Morgan fingerprint density at radius 1 is 1.00 bits per heavy atom. The SMILES string of the molecule is C[C@H](NC(=O)c1cc(-c2cc(Cl)cc(C#N)c2)cc2[nH]cc(Sc3ccc(C(F)(F)F)cc3)c12)c1ccc(C(=O)O)cc1. The number of rotatable bonds is 7. The number of benzene rings is 4. The lowest BCUT2D eigenvalue weighted by Gasteiger charge is -2.16. The van der Waals surface area contributed by atoms with Crippen molar-refractivity contribution in [3.05, 3.63) is 118 Å². The number of aromatic amines is 1. The standard InChI is InChI=1S/C32H21ClF3N3O3S/c1-17(19-2-4-20(5-3-19)31(41)42)39-30(40)26-13-22(21-10-18(15-37)11-24(33)12-21)14-27-29(26)28(16-38-27)43-25-8-6-23(7-9-25)32(34,35)36/h2-14,16-17,38H,1H3,(H,39,40)(H,41,42)/t17-/m0/s1. The van der Waals surface area contributed by atoms with Gasteiger partial charge in [0.15, 0.2) is 0 Å². The molecule has 0 unspecified atom stereocenters. The first kappa shape index (κ1) is 29.8. The summed E-state index contributed by atoms with van der Waals surface area (Å²) in [5.74, 6) is -1.49. The van der Waals surface area contributed by atoms with E-state index in [0.717, 1.165) is 12.1 Å². The lowest BCUT2D eigenvalue weighted by Crippen LogP contribution is -2.27. The summed E-state index contributed by atoms with van der Waals surface area (Å²) in [6.07, 6.45) is -2.78. The molecule has 0 spiro atoms. The number of nitrogens with one attached hydrogen (secondary N) is 2. The number of fused-ring (bicyclic) bond motifs is 1. The molecular weight excluding hydrogens is 599 g/mol. The monoisotopic (exact) mass is 619 g/mol. The van der Waals surface area contributed by atoms with Crippen molar-refractivity contribution in [3.63, 3.8) is 0 Å². The van der Waals surface area contributed by atoms with Gasteiger partial charge < -0.3 is 15.4 Å². The summed E-state index contributed by atoms with van der Waals surface area (Å²) < 4.78 is 39.2. The minimum atomic E-state index is -4.46. The summed E-state index contributed by atoms with van der Waals surface area (Å²) in [7, 11) is 0. The number of aromatic carboxylic acids is 1.